The van der Waals surface area contributed by atoms with E-state index >= 15 is 0 Å². The minimum atomic E-state index is -3.43. The zero-order valence-corrected chi connectivity index (χ0v) is 15.3. The van der Waals surface area contributed by atoms with Gasteiger partial charge in [-0.05, 0) is 30.9 Å². The van der Waals surface area contributed by atoms with Crippen LogP contribution in [0.25, 0.3) is 0 Å². The molecule has 1 aromatic rings. The first-order valence-electron chi connectivity index (χ1n) is 8.38. The van der Waals surface area contributed by atoms with Gasteiger partial charge in [0.1, 0.15) is 0 Å². The van der Waals surface area contributed by atoms with Gasteiger partial charge in [-0.15, -0.1) is 0 Å². The van der Waals surface area contributed by atoms with Crippen LogP contribution in [0, 0.1) is 11.8 Å². The Kier molecular flexibility index (Phi) is 5.38. The lowest BCUT2D eigenvalue weighted by molar-refractivity contribution is -0.132. The lowest BCUT2D eigenvalue weighted by Gasteiger charge is -2.42. The molecule has 3 rings (SSSR count). The Morgan fingerprint density at radius 3 is 2.92 bits per heavy atom. The number of amides is 1. The molecule has 2 saturated heterocycles. The molecule has 0 radical (unpaired) electrons. The molecule has 0 aromatic carbocycles. The van der Waals surface area contributed by atoms with Crippen LogP contribution in [-0.2, 0) is 19.7 Å². The minimum absolute atomic E-state index is 0.0241. The minimum Gasteiger partial charge on any atom is -0.377 e. The zero-order valence-electron chi connectivity index (χ0n) is 14.5. The highest BCUT2D eigenvalue weighted by molar-refractivity contribution is 7.86. The van der Waals surface area contributed by atoms with E-state index in [1.807, 2.05) is 0 Å². The maximum Gasteiger partial charge on any atom is 0.281 e. The van der Waals surface area contributed by atoms with Crippen LogP contribution in [0.1, 0.15) is 12.8 Å². The second-order valence-corrected chi connectivity index (χ2v) is 8.87. The Bertz CT molecular complexity index is 710. The highest BCUT2D eigenvalue weighted by Gasteiger charge is 2.41. The van der Waals surface area contributed by atoms with Crippen LogP contribution >= 0.6 is 0 Å². The molecular formula is C16H24N4O4S. The van der Waals surface area contributed by atoms with Gasteiger partial charge in [-0.1, -0.05) is 0 Å². The van der Waals surface area contributed by atoms with Gasteiger partial charge in [-0.3, -0.25) is 9.78 Å². The van der Waals surface area contributed by atoms with Crippen LogP contribution in [0.3, 0.4) is 0 Å². The molecule has 0 unspecified atom stereocenters. The fraction of sp³-hybridized carbons (Fsp3) is 0.625. The van der Waals surface area contributed by atoms with Crippen molar-refractivity contribution in [2.45, 2.75) is 18.9 Å². The van der Waals surface area contributed by atoms with Crippen molar-refractivity contribution in [3.63, 3.8) is 0 Å². The van der Waals surface area contributed by atoms with Crippen molar-refractivity contribution in [3.05, 3.63) is 24.5 Å². The number of pyridine rings is 1. The molecule has 25 heavy (non-hydrogen) atoms. The van der Waals surface area contributed by atoms with Crippen LogP contribution in [0.4, 0.5) is 5.69 Å². The fourth-order valence-electron chi connectivity index (χ4n) is 3.40. The van der Waals surface area contributed by atoms with Gasteiger partial charge in [0.15, 0.2) is 0 Å². The van der Waals surface area contributed by atoms with Gasteiger partial charge in [-0.2, -0.15) is 17.0 Å². The van der Waals surface area contributed by atoms with E-state index in [0.29, 0.717) is 38.2 Å². The third kappa shape index (κ3) is 4.00. The number of anilines is 1. The van der Waals surface area contributed by atoms with Crippen LogP contribution in [0.2, 0.25) is 0 Å². The number of carbonyl (C=O) groups excluding carboxylic acids is 1. The number of hydrogen-bond donors (Lipinski definition) is 1. The Morgan fingerprint density at radius 1 is 1.44 bits per heavy atom. The Labute approximate surface area is 148 Å². The second-order valence-electron chi connectivity index (χ2n) is 6.73. The first-order chi connectivity index (χ1) is 11.9. The highest BCUT2D eigenvalue weighted by Crippen LogP contribution is 2.33. The summed E-state index contributed by atoms with van der Waals surface area (Å²) in [6.45, 7) is 1.21. The predicted molar refractivity (Wildman–Crippen MR) is 93.0 cm³/mol. The molecule has 2 fully saturated rings. The largest absolute Gasteiger partial charge is 0.377 e. The molecule has 3 atom stereocenters. The SMILES string of the molecule is CN(C)S(=O)(=O)N1CC[C@H]2OC[C@@H](C(=O)Nc3cccnc3)C[C@H]2C1. The van der Waals surface area contributed by atoms with Gasteiger partial charge in [0, 0.05) is 33.4 Å². The summed E-state index contributed by atoms with van der Waals surface area (Å²) >= 11 is 0. The normalized spacial score (nSPS) is 27.7. The number of ether oxygens (including phenoxy) is 1. The number of piperidine rings is 1. The molecule has 2 aliphatic heterocycles. The summed E-state index contributed by atoms with van der Waals surface area (Å²) in [7, 11) is -0.373. The van der Waals surface area contributed by atoms with Gasteiger partial charge in [0.2, 0.25) is 5.91 Å². The van der Waals surface area contributed by atoms with E-state index in [1.165, 1.54) is 22.7 Å². The van der Waals surface area contributed by atoms with Crippen LogP contribution < -0.4 is 5.32 Å². The smallest absolute Gasteiger partial charge is 0.281 e. The highest BCUT2D eigenvalue weighted by atomic mass is 32.2. The molecule has 9 heteroatoms. The Hall–Kier alpha value is -1.55. The zero-order chi connectivity index (χ0) is 18.0. The van der Waals surface area contributed by atoms with Crippen molar-refractivity contribution in [3.8, 4) is 0 Å². The second kappa shape index (κ2) is 7.36. The molecule has 8 nitrogen and oxygen atoms in total. The summed E-state index contributed by atoms with van der Waals surface area (Å²) in [5.41, 5.74) is 0.648. The topological polar surface area (TPSA) is 91.8 Å². The Balaban J connectivity index is 1.63. The summed E-state index contributed by atoms with van der Waals surface area (Å²) in [6.07, 6.45) is 4.55. The number of nitrogens with zero attached hydrogens (tertiary/aromatic N) is 3. The predicted octanol–water partition coefficient (Wildman–Crippen LogP) is 0.554. The molecule has 138 valence electrons. The average Bonchev–Trinajstić information content (AvgIpc) is 2.61. The number of aromatic nitrogens is 1. The van der Waals surface area contributed by atoms with Gasteiger partial charge >= 0.3 is 0 Å². The van der Waals surface area contributed by atoms with Crippen molar-refractivity contribution in [2.24, 2.45) is 11.8 Å². The first-order valence-corrected chi connectivity index (χ1v) is 9.77. The van der Waals surface area contributed by atoms with E-state index < -0.39 is 10.2 Å². The first kappa shape index (κ1) is 18.2. The molecule has 1 N–H and O–H groups in total. The van der Waals surface area contributed by atoms with Crippen molar-refractivity contribution in [1.29, 1.82) is 0 Å². The lowest BCUT2D eigenvalue weighted by atomic mass is 9.84. The molecule has 1 amide bonds. The van der Waals surface area contributed by atoms with E-state index in [2.05, 4.69) is 10.3 Å². The lowest BCUT2D eigenvalue weighted by Crippen LogP contribution is -2.53. The molecule has 3 heterocycles. The van der Waals surface area contributed by atoms with Crippen LogP contribution in [0.5, 0.6) is 0 Å². The standard InChI is InChI=1S/C16H24N4O4S/c1-19(2)25(22,23)20-7-5-15-12(10-20)8-13(11-24-15)16(21)18-14-4-3-6-17-9-14/h3-4,6,9,12-13,15H,5,7-8,10-11H2,1-2H3,(H,18,21)/t12-,13-,15+/m0/s1. The van der Waals surface area contributed by atoms with Crippen molar-refractivity contribution in [1.82, 2.24) is 13.6 Å². The number of fused-ring (bicyclic) bond motifs is 1. The van der Waals surface area contributed by atoms with Gasteiger partial charge in [0.05, 0.1) is 30.5 Å². The summed E-state index contributed by atoms with van der Waals surface area (Å²) in [5.74, 6) is -0.371. The average molecular weight is 368 g/mol. The maximum absolute atomic E-state index is 12.5. The quantitative estimate of drug-likeness (QED) is 0.838. The third-order valence-electron chi connectivity index (χ3n) is 4.81. The monoisotopic (exact) mass is 368 g/mol. The third-order valence-corrected chi connectivity index (χ3v) is 6.72. The van der Waals surface area contributed by atoms with Crippen molar-refractivity contribution >= 4 is 21.8 Å². The Morgan fingerprint density at radius 2 is 2.24 bits per heavy atom. The van der Waals surface area contributed by atoms with Gasteiger partial charge in [0.25, 0.3) is 10.2 Å². The number of carbonyl (C=O) groups is 1. The van der Waals surface area contributed by atoms with E-state index in [0.717, 1.165) is 0 Å². The van der Waals surface area contributed by atoms with E-state index in [-0.39, 0.29) is 23.8 Å². The molecule has 2 aliphatic rings. The molecule has 1 aromatic heterocycles. The fourth-order valence-corrected chi connectivity index (χ4v) is 4.58. The molecule has 0 aliphatic carbocycles. The van der Waals surface area contributed by atoms with Crippen molar-refractivity contribution < 1.29 is 17.9 Å². The van der Waals surface area contributed by atoms with E-state index in [9.17, 15) is 13.2 Å². The van der Waals surface area contributed by atoms with Gasteiger partial charge in [-0.25, -0.2) is 0 Å². The summed E-state index contributed by atoms with van der Waals surface area (Å²) < 4.78 is 33.3. The van der Waals surface area contributed by atoms with E-state index in [1.54, 1.807) is 24.5 Å². The molecule has 0 saturated carbocycles. The molecule has 0 bridgehead atoms. The van der Waals surface area contributed by atoms with E-state index in [4.69, 9.17) is 4.74 Å². The summed E-state index contributed by atoms with van der Waals surface area (Å²) in [6, 6.07) is 3.54. The van der Waals surface area contributed by atoms with Crippen LogP contribution in [-0.4, -0.2) is 67.8 Å². The summed E-state index contributed by atoms with van der Waals surface area (Å²) in [5, 5.41) is 2.85. The van der Waals surface area contributed by atoms with Crippen LogP contribution in [0.15, 0.2) is 24.5 Å². The molecule has 0 spiro atoms. The number of nitrogens with one attached hydrogen (secondary N) is 1. The van der Waals surface area contributed by atoms with Crippen molar-refractivity contribution in [2.75, 3.05) is 39.1 Å². The number of rotatable bonds is 4. The number of hydrogen-bond acceptors (Lipinski definition) is 5. The summed E-state index contributed by atoms with van der Waals surface area (Å²) in [4.78, 5) is 16.4. The maximum atomic E-state index is 12.5. The molecular weight excluding hydrogens is 344 g/mol. The van der Waals surface area contributed by atoms with Gasteiger partial charge < -0.3 is 10.1 Å².